The third-order valence-electron chi connectivity index (χ3n) is 6.34. The van der Waals surface area contributed by atoms with E-state index in [0.29, 0.717) is 29.4 Å². The normalized spacial score (nSPS) is 19.2. The van der Waals surface area contributed by atoms with E-state index in [-0.39, 0.29) is 24.2 Å². The molecule has 0 spiro atoms. The number of amidine groups is 1. The van der Waals surface area contributed by atoms with E-state index in [4.69, 9.17) is 30.7 Å². The van der Waals surface area contributed by atoms with Crippen LogP contribution in [0.5, 0.6) is 5.88 Å². The van der Waals surface area contributed by atoms with Crippen molar-refractivity contribution < 1.29 is 9.15 Å². The Bertz CT molecular complexity index is 1590. The highest BCUT2D eigenvalue weighted by molar-refractivity contribution is 6.17. The molecule has 0 fully saturated rings. The molecule has 0 aliphatic carbocycles. The predicted molar refractivity (Wildman–Crippen MR) is 140 cm³/mol. The summed E-state index contributed by atoms with van der Waals surface area (Å²) in [4.78, 5) is 18.0. The Labute approximate surface area is 207 Å². The summed E-state index contributed by atoms with van der Waals surface area (Å²) in [7, 11) is 0. The number of anilines is 1. The number of hydrogen-bond donors (Lipinski definition) is 2. The van der Waals surface area contributed by atoms with Crippen molar-refractivity contribution >= 4 is 45.8 Å². The monoisotopic (exact) mass is 482 g/mol. The molecule has 2 atom stereocenters. The average molecular weight is 483 g/mol. The summed E-state index contributed by atoms with van der Waals surface area (Å²) in [6, 6.07) is 14.0. The molecule has 2 aliphatic heterocycles. The zero-order valence-corrected chi connectivity index (χ0v) is 20.2. The first kappa shape index (κ1) is 22.0. The molecular formula is C26H26N8O2. The van der Waals surface area contributed by atoms with Crippen molar-refractivity contribution in [2.45, 2.75) is 39.6 Å². The molecule has 0 radical (unpaired) electrons. The summed E-state index contributed by atoms with van der Waals surface area (Å²) >= 11 is 0. The van der Waals surface area contributed by atoms with Gasteiger partial charge in [0.15, 0.2) is 11.7 Å². The number of aryl methyl sites for hydroxylation is 1. The molecule has 2 unspecified atom stereocenters. The number of hydrogen-bond acceptors (Lipinski definition) is 10. The van der Waals surface area contributed by atoms with Gasteiger partial charge in [0, 0.05) is 10.9 Å². The largest absolute Gasteiger partial charge is 0.474 e. The van der Waals surface area contributed by atoms with Gasteiger partial charge in [-0.25, -0.2) is 15.0 Å². The van der Waals surface area contributed by atoms with Crippen LogP contribution in [0, 0.1) is 12.8 Å². The number of oxazole rings is 1. The minimum Gasteiger partial charge on any atom is -0.474 e. The number of nitrogens with two attached hydrogens (primary N) is 2. The fourth-order valence-electron chi connectivity index (χ4n) is 4.80. The third kappa shape index (κ3) is 3.71. The Morgan fingerprint density at radius 1 is 1.11 bits per heavy atom. The van der Waals surface area contributed by atoms with Crippen LogP contribution in [0.4, 0.5) is 6.01 Å². The van der Waals surface area contributed by atoms with Crippen LogP contribution in [0.3, 0.4) is 0 Å². The summed E-state index contributed by atoms with van der Waals surface area (Å²) in [5.41, 5.74) is 16.9. The second-order valence-corrected chi connectivity index (χ2v) is 9.29. The number of ether oxygens (including phenoxy) is 1. The number of nitrogen functional groups attached to an aromatic ring is 1. The second kappa shape index (κ2) is 8.33. The van der Waals surface area contributed by atoms with E-state index in [2.05, 4.69) is 40.1 Å². The van der Waals surface area contributed by atoms with Crippen molar-refractivity contribution in [2.75, 3.05) is 5.73 Å². The van der Waals surface area contributed by atoms with Gasteiger partial charge in [-0.2, -0.15) is 10.1 Å². The van der Waals surface area contributed by atoms with E-state index >= 15 is 0 Å². The SMILES string of the molecule is Cc1cccc2cc(CN3N=C(c4ccc5oc(N)nc5c4)C4C(N)=NC=NC43)nc(OC(C)C)c12. The highest BCUT2D eigenvalue weighted by Crippen LogP contribution is 2.33. The zero-order chi connectivity index (χ0) is 25.0. The smallest absolute Gasteiger partial charge is 0.292 e. The molecule has 4 N–H and O–H groups in total. The van der Waals surface area contributed by atoms with Crippen molar-refractivity contribution in [1.29, 1.82) is 0 Å². The molecule has 4 aromatic rings. The van der Waals surface area contributed by atoms with Crippen molar-refractivity contribution in [3.05, 3.63) is 59.3 Å². The number of nitrogens with zero attached hydrogens (tertiary/aromatic N) is 6. The quantitative estimate of drug-likeness (QED) is 0.443. The lowest BCUT2D eigenvalue weighted by molar-refractivity contribution is 0.207. The number of hydrazone groups is 1. The topological polar surface area (TPSA) is 141 Å². The first-order valence-corrected chi connectivity index (χ1v) is 11.8. The number of aliphatic imine (C=N–C) groups is 2. The molecule has 6 rings (SSSR count). The summed E-state index contributed by atoms with van der Waals surface area (Å²) in [6.07, 6.45) is 1.16. The maximum atomic E-state index is 6.35. The molecule has 36 heavy (non-hydrogen) atoms. The first-order valence-electron chi connectivity index (χ1n) is 11.8. The number of rotatable bonds is 5. The van der Waals surface area contributed by atoms with Crippen molar-refractivity contribution in [1.82, 2.24) is 15.0 Å². The summed E-state index contributed by atoms with van der Waals surface area (Å²) in [6.45, 7) is 6.49. The molecule has 0 saturated carbocycles. The summed E-state index contributed by atoms with van der Waals surface area (Å²) in [5, 5.41) is 8.95. The Hall–Kier alpha value is -4.47. The summed E-state index contributed by atoms with van der Waals surface area (Å²) < 4.78 is 11.5. The van der Waals surface area contributed by atoms with Gasteiger partial charge in [-0.1, -0.05) is 18.2 Å². The average Bonchev–Trinajstić information content (AvgIpc) is 3.38. The van der Waals surface area contributed by atoms with Crippen LogP contribution in [0.1, 0.15) is 30.7 Å². The van der Waals surface area contributed by atoms with Gasteiger partial charge in [-0.05, 0) is 56.0 Å². The maximum absolute atomic E-state index is 6.35. The van der Waals surface area contributed by atoms with Crippen molar-refractivity contribution in [3.63, 3.8) is 0 Å². The molecule has 10 nitrogen and oxygen atoms in total. The van der Waals surface area contributed by atoms with Gasteiger partial charge in [0.2, 0.25) is 5.88 Å². The van der Waals surface area contributed by atoms with Crippen LogP contribution >= 0.6 is 0 Å². The van der Waals surface area contributed by atoms with Crippen molar-refractivity contribution in [2.24, 2.45) is 26.7 Å². The van der Waals surface area contributed by atoms with Crippen LogP contribution in [0.15, 0.2) is 62.0 Å². The standard InChI is InChI=1S/C26H26N8O2/c1-13(2)35-25-20-14(3)5-4-6-15(20)9-17(31-25)11-34-24-21(23(27)29-12-30-24)22(33-34)16-7-8-19-18(10-16)32-26(28)36-19/h4-10,12-13,21,24H,11H2,1-3H3,(H2,28,32)(H2,27,29,30). The Morgan fingerprint density at radius 2 is 1.97 bits per heavy atom. The number of fused-ring (bicyclic) bond motifs is 3. The van der Waals surface area contributed by atoms with Crippen molar-refractivity contribution in [3.8, 4) is 5.88 Å². The van der Waals surface area contributed by atoms with E-state index in [0.717, 1.165) is 33.3 Å². The highest BCUT2D eigenvalue weighted by Gasteiger charge is 2.42. The van der Waals surface area contributed by atoms with E-state index in [9.17, 15) is 0 Å². The van der Waals surface area contributed by atoms with Gasteiger partial charge < -0.3 is 20.6 Å². The Morgan fingerprint density at radius 3 is 2.81 bits per heavy atom. The molecule has 0 amide bonds. The lowest BCUT2D eigenvalue weighted by Crippen LogP contribution is -2.42. The second-order valence-electron chi connectivity index (χ2n) is 9.29. The molecule has 182 valence electrons. The van der Waals surface area contributed by atoms with Gasteiger partial charge in [0.25, 0.3) is 6.01 Å². The van der Waals surface area contributed by atoms with Gasteiger partial charge in [0.05, 0.1) is 24.1 Å². The molecule has 2 aliphatic rings. The maximum Gasteiger partial charge on any atom is 0.292 e. The highest BCUT2D eigenvalue weighted by atomic mass is 16.5. The molecule has 0 bridgehead atoms. The lowest BCUT2D eigenvalue weighted by Gasteiger charge is -2.26. The van der Waals surface area contributed by atoms with Gasteiger partial charge in [-0.3, -0.25) is 5.01 Å². The molecule has 2 aromatic carbocycles. The minimum absolute atomic E-state index is 0.00390. The third-order valence-corrected chi connectivity index (χ3v) is 6.34. The number of benzene rings is 2. The Balaban J connectivity index is 1.41. The summed E-state index contributed by atoms with van der Waals surface area (Å²) in [5.74, 6) is 0.783. The molecule has 2 aromatic heterocycles. The molecule has 4 heterocycles. The van der Waals surface area contributed by atoms with E-state index in [1.54, 1.807) is 0 Å². The zero-order valence-electron chi connectivity index (χ0n) is 20.2. The van der Waals surface area contributed by atoms with E-state index in [1.165, 1.54) is 6.34 Å². The van der Waals surface area contributed by atoms with Crippen LogP contribution < -0.4 is 16.2 Å². The molecule has 0 saturated heterocycles. The predicted octanol–water partition coefficient (Wildman–Crippen LogP) is 3.62. The fraction of sp³-hybridized carbons (Fsp3) is 0.269. The number of aromatic nitrogens is 2. The van der Waals surface area contributed by atoms with Crippen LogP contribution in [0.25, 0.3) is 21.9 Å². The van der Waals surface area contributed by atoms with Crippen LogP contribution in [-0.2, 0) is 6.54 Å². The molecular weight excluding hydrogens is 456 g/mol. The van der Waals surface area contributed by atoms with E-state index < -0.39 is 0 Å². The van der Waals surface area contributed by atoms with Crippen LogP contribution in [-0.4, -0.2) is 45.1 Å². The van der Waals surface area contributed by atoms with Crippen LogP contribution in [0.2, 0.25) is 0 Å². The van der Waals surface area contributed by atoms with Gasteiger partial charge in [-0.15, -0.1) is 0 Å². The number of pyridine rings is 1. The minimum atomic E-state index is -0.333. The van der Waals surface area contributed by atoms with E-state index in [1.807, 2.05) is 43.1 Å². The first-order chi connectivity index (χ1) is 17.4. The van der Waals surface area contributed by atoms with Gasteiger partial charge in [0.1, 0.15) is 23.6 Å². The fourth-order valence-corrected chi connectivity index (χ4v) is 4.80. The molecule has 10 heteroatoms. The van der Waals surface area contributed by atoms with Gasteiger partial charge >= 0.3 is 0 Å². The Kier molecular flexibility index (Phi) is 5.10. The lowest BCUT2D eigenvalue weighted by atomic mass is 9.93.